The van der Waals surface area contributed by atoms with Crippen molar-refractivity contribution < 1.29 is 54.2 Å². The first kappa shape index (κ1) is 28.1. The van der Waals surface area contributed by atoms with Gasteiger partial charge in [-0.05, 0) is 38.5 Å². The second-order valence-corrected chi connectivity index (χ2v) is 14.9. The third kappa shape index (κ3) is 9.61. The van der Waals surface area contributed by atoms with E-state index in [9.17, 15) is 18.9 Å². The van der Waals surface area contributed by atoms with Gasteiger partial charge in [-0.25, -0.2) is 4.57 Å². The molecular formula is C21H38BO11P2S-. The Labute approximate surface area is 221 Å². The summed E-state index contributed by atoms with van der Waals surface area (Å²) in [6.07, 6.45) is -3.46. The molecular weight excluding hydrogens is 533 g/mol. The zero-order valence-corrected chi connectivity index (χ0v) is 23.6. The molecule has 0 amide bonds. The summed E-state index contributed by atoms with van der Waals surface area (Å²) in [6.45, 7) is 1.27. The Morgan fingerprint density at radius 2 is 1.78 bits per heavy atom. The highest BCUT2D eigenvalue weighted by atomic mass is 32.7. The molecule has 2 radical (unpaired) electrons. The summed E-state index contributed by atoms with van der Waals surface area (Å²) in [4.78, 5) is 23.0. The van der Waals surface area contributed by atoms with Gasteiger partial charge in [0.15, 0.2) is 6.80 Å². The molecule has 3 aliphatic rings. The zero-order valence-electron chi connectivity index (χ0n) is 23.0. The molecule has 11 nitrogen and oxygen atoms in total. The van der Waals surface area contributed by atoms with Gasteiger partial charge in [0, 0.05) is 31.3 Å². The fraction of sp³-hybridized carbons (Fsp3) is 1.00. The van der Waals surface area contributed by atoms with Crippen molar-refractivity contribution in [2.24, 2.45) is 11.8 Å². The molecule has 15 heteroatoms. The first-order chi connectivity index (χ1) is 17.6. The SMILES string of the molecule is [3H]C1CC(OP(=O)(O)OCC2OC([3H])CC2C(C)C)C(CSP(=O)([O-])OC2CC([B])OC2COC(C)C)O1. The van der Waals surface area contributed by atoms with E-state index in [1.54, 1.807) is 0 Å². The number of rotatable bonds is 14. The fourth-order valence-electron chi connectivity index (χ4n) is 4.20. The maximum Gasteiger partial charge on any atom is 0.472 e. The Morgan fingerprint density at radius 3 is 2.47 bits per heavy atom. The molecule has 11 unspecified atom stereocenters. The minimum atomic E-state index is -4.59. The van der Waals surface area contributed by atoms with Crippen LogP contribution in [0.15, 0.2) is 0 Å². The Bertz CT molecular complexity index is 862. The van der Waals surface area contributed by atoms with Crippen LogP contribution in [0.1, 0.15) is 49.7 Å². The van der Waals surface area contributed by atoms with Gasteiger partial charge in [-0.2, -0.15) is 0 Å². The molecule has 3 saturated heterocycles. The predicted molar refractivity (Wildman–Crippen MR) is 133 cm³/mol. The van der Waals surface area contributed by atoms with Crippen LogP contribution in [-0.4, -0.2) is 87.5 Å². The lowest BCUT2D eigenvalue weighted by molar-refractivity contribution is -0.196. The van der Waals surface area contributed by atoms with Crippen molar-refractivity contribution in [2.45, 2.75) is 89.6 Å². The van der Waals surface area contributed by atoms with Crippen LogP contribution in [0.3, 0.4) is 0 Å². The number of hydrogen-bond acceptors (Lipinski definition) is 11. The Morgan fingerprint density at radius 1 is 1.08 bits per heavy atom. The minimum absolute atomic E-state index is 0.00312. The Balaban J connectivity index is 1.51. The van der Waals surface area contributed by atoms with Gasteiger partial charge in [0.25, 0.3) is 0 Å². The summed E-state index contributed by atoms with van der Waals surface area (Å²) in [5.41, 5.74) is 0. The Hall–Kier alpha value is 0.515. The molecule has 0 aromatic rings. The smallest absolute Gasteiger partial charge is 0.472 e. The van der Waals surface area contributed by atoms with Crippen LogP contribution in [0.2, 0.25) is 0 Å². The monoisotopic (exact) mass is 575 g/mol. The number of ether oxygens (including phenoxy) is 4. The minimum Gasteiger partial charge on any atom is -0.770 e. The lowest BCUT2D eigenvalue weighted by Gasteiger charge is -2.30. The van der Waals surface area contributed by atoms with E-state index in [2.05, 4.69) is 0 Å². The molecule has 0 aromatic carbocycles. The first-order valence-electron chi connectivity index (χ1n) is 13.3. The van der Waals surface area contributed by atoms with Gasteiger partial charge in [0.1, 0.15) is 14.0 Å². The van der Waals surface area contributed by atoms with Gasteiger partial charge in [-0.1, -0.05) is 25.2 Å². The third-order valence-corrected chi connectivity index (χ3v) is 10.1. The summed E-state index contributed by atoms with van der Waals surface area (Å²) >= 11 is 0.459. The molecule has 0 spiro atoms. The summed E-state index contributed by atoms with van der Waals surface area (Å²) in [6, 6.07) is -0.679. The van der Waals surface area contributed by atoms with Crippen molar-refractivity contribution in [2.75, 3.05) is 32.1 Å². The summed E-state index contributed by atoms with van der Waals surface area (Å²) in [5.74, 6) is -0.00667. The lowest BCUT2D eigenvalue weighted by atomic mass is 9.90. The molecule has 0 saturated carbocycles. The standard InChI is InChI=1S/C21H39BO11P2S/c1-13(2)15-5-7-27-18(15)11-30-34(23,24)32-16-6-8-28-20(16)12-36-35(25,26)33-17-9-21(22)31-19(17)10-29-14(3)4/h13-21H,5-12H2,1-4H3,(H,23,24)(H,25,26)/p-1/i7T,8T. The van der Waals surface area contributed by atoms with E-state index in [1.807, 2.05) is 27.7 Å². The molecule has 3 rings (SSSR count). The number of phosphoric ester groups is 1. The molecule has 0 aliphatic carbocycles. The predicted octanol–water partition coefficient (Wildman–Crippen LogP) is 2.63. The number of phosphoric acid groups is 1. The lowest BCUT2D eigenvalue weighted by Crippen LogP contribution is -2.31. The molecule has 0 aromatic heterocycles. The average Bonchev–Trinajstić information content (AvgIpc) is 3.44. The molecule has 3 aliphatic heterocycles. The van der Waals surface area contributed by atoms with E-state index in [4.69, 9.17) is 43.1 Å². The van der Waals surface area contributed by atoms with Crippen molar-refractivity contribution in [1.82, 2.24) is 0 Å². The summed E-state index contributed by atoms with van der Waals surface area (Å²) in [5, 5.41) is 0. The van der Waals surface area contributed by atoms with Crippen molar-refractivity contribution in [3.63, 3.8) is 0 Å². The topological polar surface area (TPSA) is 142 Å². The molecule has 3 heterocycles. The van der Waals surface area contributed by atoms with Gasteiger partial charge in [0.2, 0.25) is 0 Å². The van der Waals surface area contributed by atoms with Crippen LogP contribution in [-0.2, 0) is 41.6 Å². The van der Waals surface area contributed by atoms with Crippen LogP contribution in [0.4, 0.5) is 0 Å². The normalized spacial score (nSPS) is 41.4. The summed E-state index contributed by atoms with van der Waals surface area (Å²) < 4.78 is 78.8. The van der Waals surface area contributed by atoms with Crippen molar-refractivity contribution in [1.29, 1.82) is 0 Å². The maximum absolute atomic E-state index is 12.7. The van der Waals surface area contributed by atoms with Crippen LogP contribution in [0.25, 0.3) is 0 Å². The van der Waals surface area contributed by atoms with Gasteiger partial charge < -0.3 is 33.3 Å². The van der Waals surface area contributed by atoms with Gasteiger partial charge >= 0.3 is 7.82 Å². The second-order valence-electron chi connectivity index (χ2n) is 9.69. The van der Waals surface area contributed by atoms with Crippen LogP contribution in [0.5, 0.6) is 0 Å². The van der Waals surface area contributed by atoms with Gasteiger partial charge in [-0.15, -0.1) is 0 Å². The van der Waals surface area contributed by atoms with Gasteiger partial charge in [0.05, 0.1) is 46.5 Å². The number of hydrogen-bond donors (Lipinski definition) is 1. The molecule has 0 bridgehead atoms. The van der Waals surface area contributed by atoms with Crippen molar-refractivity contribution in [3.8, 4) is 0 Å². The maximum atomic E-state index is 12.7. The van der Waals surface area contributed by atoms with E-state index in [-0.39, 0.29) is 49.7 Å². The average molecular weight is 575 g/mol. The molecule has 1 N–H and O–H groups in total. The quantitative estimate of drug-likeness (QED) is 0.240. The highest BCUT2D eigenvalue weighted by Crippen LogP contribution is 2.55. The van der Waals surface area contributed by atoms with E-state index in [0.29, 0.717) is 17.8 Å². The largest absolute Gasteiger partial charge is 0.770 e. The molecule has 36 heavy (non-hydrogen) atoms. The zero-order chi connectivity index (χ0) is 28.3. The highest BCUT2D eigenvalue weighted by Gasteiger charge is 2.40. The first-order valence-corrected chi connectivity index (χ1v) is 16.7. The molecule has 11 atom stereocenters. The fourth-order valence-corrected chi connectivity index (χ4v) is 7.90. The van der Waals surface area contributed by atoms with E-state index < -0.39 is 64.3 Å². The van der Waals surface area contributed by atoms with E-state index in [1.165, 1.54) is 0 Å². The van der Waals surface area contributed by atoms with Crippen LogP contribution < -0.4 is 4.89 Å². The van der Waals surface area contributed by atoms with E-state index in [0.717, 1.165) is 0 Å². The van der Waals surface area contributed by atoms with Crippen molar-refractivity contribution in [3.05, 3.63) is 0 Å². The van der Waals surface area contributed by atoms with Crippen LogP contribution >= 0.6 is 26.0 Å². The Kier molecular flexibility index (Phi) is 10.7. The van der Waals surface area contributed by atoms with Gasteiger partial charge in [-0.3, -0.25) is 13.6 Å². The van der Waals surface area contributed by atoms with Crippen LogP contribution in [0, 0.1) is 11.8 Å². The third-order valence-electron chi connectivity index (χ3n) is 6.14. The van der Waals surface area contributed by atoms with E-state index >= 15 is 0 Å². The second kappa shape index (κ2) is 13.7. The summed E-state index contributed by atoms with van der Waals surface area (Å²) in [7, 11) is 1.22. The molecule has 3 fully saturated rings. The highest BCUT2D eigenvalue weighted by molar-refractivity contribution is 8.54. The van der Waals surface area contributed by atoms with Crippen molar-refractivity contribution >= 4 is 33.8 Å². The molecule has 208 valence electrons.